The van der Waals surface area contributed by atoms with Crippen molar-refractivity contribution in [3.05, 3.63) is 57.2 Å². The van der Waals surface area contributed by atoms with Crippen LogP contribution in [0.1, 0.15) is 24.5 Å². The SMILES string of the molecule is CCC1=CC=Cc2c(c(Cl)nc3cc(Cl)ccc23)C1. The number of hydrogen-bond donors (Lipinski definition) is 0. The van der Waals surface area contributed by atoms with Gasteiger partial charge in [-0.05, 0) is 30.5 Å². The van der Waals surface area contributed by atoms with Crippen molar-refractivity contribution < 1.29 is 0 Å². The molecular formula is C16H13Cl2N. The van der Waals surface area contributed by atoms with Gasteiger partial charge in [0, 0.05) is 16.0 Å². The quantitative estimate of drug-likeness (QED) is 0.637. The zero-order valence-electron chi connectivity index (χ0n) is 10.6. The van der Waals surface area contributed by atoms with Gasteiger partial charge in [0.05, 0.1) is 5.52 Å². The molecule has 1 aromatic heterocycles. The summed E-state index contributed by atoms with van der Waals surface area (Å²) in [6.45, 7) is 2.16. The zero-order chi connectivity index (χ0) is 13.4. The summed E-state index contributed by atoms with van der Waals surface area (Å²) in [7, 11) is 0. The number of aromatic nitrogens is 1. The molecule has 0 aliphatic heterocycles. The summed E-state index contributed by atoms with van der Waals surface area (Å²) in [5, 5.41) is 2.36. The Balaban J connectivity index is 2.29. The fourth-order valence-electron chi connectivity index (χ4n) is 2.44. The fourth-order valence-corrected chi connectivity index (χ4v) is 2.87. The van der Waals surface area contributed by atoms with Gasteiger partial charge in [0.1, 0.15) is 5.15 Å². The third kappa shape index (κ3) is 2.29. The van der Waals surface area contributed by atoms with Crippen molar-refractivity contribution in [3.63, 3.8) is 0 Å². The average Bonchev–Trinajstić information content (AvgIpc) is 2.61. The van der Waals surface area contributed by atoms with Crippen molar-refractivity contribution >= 4 is 40.2 Å². The van der Waals surface area contributed by atoms with E-state index < -0.39 is 0 Å². The number of halogens is 2. The van der Waals surface area contributed by atoms with Crippen LogP contribution in [0, 0.1) is 0 Å². The molecule has 3 heteroatoms. The third-order valence-electron chi connectivity index (χ3n) is 3.50. The van der Waals surface area contributed by atoms with Crippen LogP contribution in [0.5, 0.6) is 0 Å². The second-order valence-corrected chi connectivity index (χ2v) is 5.47. The number of nitrogens with zero attached hydrogens (tertiary/aromatic N) is 1. The van der Waals surface area contributed by atoms with Crippen molar-refractivity contribution in [2.24, 2.45) is 0 Å². The Labute approximate surface area is 122 Å². The molecule has 0 atom stereocenters. The molecule has 0 saturated carbocycles. The van der Waals surface area contributed by atoms with E-state index in [1.54, 1.807) is 0 Å². The summed E-state index contributed by atoms with van der Waals surface area (Å²) in [5.41, 5.74) is 4.48. The molecule has 0 saturated heterocycles. The molecule has 2 aromatic rings. The first-order valence-electron chi connectivity index (χ1n) is 6.32. The van der Waals surface area contributed by atoms with Gasteiger partial charge in [0.15, 0.2) is 0 Å². The second-order valence-electron chi connectivity index (χ2n) is 4.67. The predicted octanol–water partition coefficient (Wildman–Crippen LogP) is 5.45. The van der Waals surface area contributed by atoms with E-state index in [1.165, 1.54) is 5.57 Å². The van der Waals surface area contributed by atoms with Crippen LogP contribution < -0.4 is 0 Å². The highest BCUT2D eigenvalue weighted by Gasteiger charge is 2.14. The van der Waals surface area contributed by atoms with Crippen LogP contribution in [0.15, 0.2) is 35.9 Å². The van der Waals surface area contributed by atoms with Gasteiger partial charge in [-0.25, -0.2) is 4.98 Å². The molecule has 1 heterocycles. The molecule has 0 unspecified atom stereocenters. The normalized spacial score (nSPS) is 14.2. The molecular weight excluding hydrogens is 277 g/mol. The maximum absolute atomic E-state index is 6.35. The summed E-state index contributed by atoms with van der Waals surface area (Å²) >= 11 is 12.4. The Morgan fingerprint density at radius 1 is 1.26 bits per heavy atom. The Hall–Kier alpha value is -1.31. The van der Waals surface area contributed by atoms with Gasteiger partial charge in [-0.3, -0.25) is 0 Å². The highest BCUT2D eigenvalue weighted by Crippen LogP contribution is 2.32. The molecule has 0 bridgehead atoms. The third-order valence-corrected chi connectivity index (χ3v) is 4.04. The van der Waals surface area contributed by atoms with E-state index in [0.29, 0.717) is 10.2 Å². The lowest BCUT2D eigenvalue weighted by Gasteiger charge is -2.11. The molecule has 1 aliphatic carbocycles. The van der Waals surface area contributed by atoms with Crippen molar-refractivity contribution in [2.45, 2.75) is 19.8 Å². The zero-order valence-corrected chi connectivity index (χ0v) is 12.1. The van der Waals surface area contributed by atoms with Crippen molar-refractivity contribution in [2.75, 3.05) is 0 Å². The first-order chi connectivity index (χ1) is 9.19. The summed E-state index contributed by atoms with van der Waals surface area (Å²) in [4.78, 5) is 4.48. The van der Waals surface area contributed by atoms with E-state index in [-0.39, 0.29) is 0 Å². The van der Waals surface area contributed by atoms with E-state index in [4.69, 9.17) is 23.2 Å². The van der Waals surface area contributed by atoms with Crippen LogP contribution in [0.25, 0.3) is 17.0 Å². The minimum atomic E-state index is 0.579. The van der Waals surface area contributed by atoms with E-state index in [0.717, 1.165) is 34.9 Å². The fraction of sp³-hybridized carbons (Fsp3) is 0.188. The molecule has 0 fully saturated rings. The van der Waals surface area contributed by atoms with Crippen LogP contribution >= 0.6 is 23.2 Å². The Morgan fingerprint density at radius 3 is 2.89 bits per heavy atom. The highest BCUT2D eigenvalue weighted by atomic mass is 35.5. The van der Waals surface area contributed by atoms with E-state index in [9.17, 15) is 0 Å². The largest absolute Gasteiger partial charge is 0.236 e. The molecule has 1 aliphatic rings. The standard InChI is InChI=1S/C16H13Cl2N/c1-2-10-4-3-5-12-13-7-6-11(17)9-15(13)19-16(18)14(12)8-10/h3-7,9H,2,8H2,1H3. The Bertz CT molecular complexity index is 714. The maximum Gasteiger partial charge on any atom is 0.133 e. The lowest BCUT2D eigenvalue weighted by molar-refractivity contribution is 1.00. The molecule has 0 radical (unpaired) electrons. The van der Waals surface area contributed by atoms with Gasteiger partial charge in [0.25, 0.3) is 0 Å². The second kappa shape index (κ2) is 4.99. The van der Waals surface area contributed by atoms with Gasteiger partial charge < -0.3 is 0 Å². The molecule has 19 heavy (non-hydrogen) atoms. The molecule has 3 rings (SSSR count). The number of pyridine rings is 1. The lowest BCUT2D eigenvalue weighted by atomic mass is 9.99. The molecule has 0 amide bonds. The Morgan fingerprint density at radius 2 is 2.11 bits per heavy atom. The predicted molar refractivity (Wildman–Crippen MR) is 82.9 cm³/mol. The molecule has 0 N–H and O–H groups in total. The summed E-state index contributed by atoms with van der Waals surface area (Å²) in [6.07, 6.45) is 8.26. The summed E-state index contributed by atoms with van der Waals surface area (Å²) in [6, 6.07) is 5.77. The number of allylic oxidation sites excluding steroid dienone is 3. The van der Waals surface area contributed by atoms with E-state index in [2.05, 4.69) is 30.1 Å². The molecule has 0 spiro atoms. The summed E-state index contributed by atoms with van der Waals surface area (Å²) in [5.74, 6) is 0. The van der Waals surface area contributed by atoms with Crippen LogP contribution in [0.4, 0.5) is 0 Å². The number of hydrogen-bond acceptors (Lipinski definition) is 1. The van der Waals surface area contributed by atoms with Gasteiger partial charge in [-0.2, -0.15) is 0 Å². The van der Waals surface area contributed by atoms with Gasteiger partial charge in [-0.1, -0.05) is 60.0 Å². The van der Waals surface area contributed by atoms with Crippen LogP contribution in [-0.2, 0) is 6.42 Å². The van der Waals surface area contributed by atoms with Crippen molar-refractivity contribution in [1.29, 1.82) is 0 Å². The summed E-state index contributed by atoms with van der Waals surface area (Å²) < 4.78 is 0. The van der Waals surface area contributed by atoms with E-state index >= 15 is 0 Å². The lowest BCUT2D eigenvalue weighted by Crippen LogP contribution is -1.97. The monoisotopic (exact) mass is 289 g/mol. The van der Waals surface area contributed by atoms with Crippen LogP contribution in [-0.4, -0.2) is 4.98 Å². The van der Waals surface area contributed by atoms with Gasteiger partial charge in [-0.15, -0.1) is 0 Å². The molecule has 1 nitrogen and oxygen atoms in total. The number of rotatable bonds is 1. The van der Waals surface area contributed by atoms with Crippen molar-refractivity contribution in [1.82, 2.24) is 4.98 Å². The van der Waals surface area contributed by atoms with Crippen molar-refractivity contribution in [3.8, 4) is 0 Å². The number of benzene rings is 1. The van der Waals surface area contributed by atoms with Gasteiger partial charge >= 0.3 is 0 Å². The molecule has 96 valence electrons. The van der Waals surface area contributed by atoms with Crippen LogP contribution in [0.3, 0.4) is 0 Å². The number of fused-ring (bicyclic) bond motifs is 3. The maximum atomic E-state index is 6.35. The molecule has 1 aromatic carbocycles. The first-order valence-corrected chi connectivity index (χ1v) is 7.08. The first kappa shape index (κ1) is 12.7. The topological polar surface area (TPSA) is 12.9 Å². The van der Waals surface area contributed by atoms with Crippen LogP contribution in [0.2, 0.25) is 10.2 Å². The van der Waals surface area contributed by atoms with E-state index in [1.807, 2.05) is 18.2 Å². The Kier molecular flexibility index (Phi) is 3.34. The minimum absolute atomic E-state index is 0.579. The minimum Gasteiger partial charge on any atom is -0.236 e. The van der Waals surface area contributed by atoms with Gasteiger partial charge in [0.2, 0.25) is 0 Å². The highest BCUT2D eigenvalue weighted by molar-refractivity contribution is 6.32. The smallest absolute Gasteiger partial charge is 0.133 e. The average molecular weight is 290 g/mol.